The summed E-state index contributed by atoms with van der Waals surface area (Å²) in [5.74, 6) is -0.994. The Morgan fingerprint density at radius 3 is 2.35 bits per heavy atom. The average molecular weight is 526 g/mol. The molecule has 0 spiro atoms. The van der Waals surface area contributed by atoms with E-state index in [4.69, 9.17) is 14.2 Å². The fourth-order valence-corrected chi connectivity index (χ4v) is 5.96. The van der Waals surface area contributed by atoms with Crippen molar-refractivity contribution < 1.29 is 33.3 Å². The van der Waals surface area contributed by atoms with Gasteiger partial charge in [0.05, 0.1) is 33.8 Å². The highest BCUT2D eigenvalue weighted by atomic mass is 32.2. The number of carboxylic acid groups (broad SMARTS) is 1. The summed E-state index contributed by atoms with van der Waals surface area (Å²) in [6, 6.07) is 16.0. The first-order valence-electron chi connectivity index (χ1n) is 11.5. The fraction of sp³-hybridized carbons (Fsp3) is 0.286. The molecule has 2 atom stereocenters. The highest BCUT2D eigenvalue weighted by Gasteiger charge is 2.58. The minimum absolute atomic E-state index is 0.0292. The SMILES string of the molecule is COc1ccc(CN2C(=O)CC(Sc3ccc(C)cc3)(C(=O)O)C2c2ccc(F)c(OC)c2)c(OC)c1. The minimum Gasteiger partial charge on any atom is -0.497 e. The zero-order chi connectivity index (χ0) is 26.7. The molecule has 1 saturated heterocycles. The topological polar surface area (TPSA) is 85.3 Å². The lowest BCUT2D eigenvalue weighted by Crippen LogP contribution is -2.41. The molecule has 3 aromatic rings. The number of amides is 1. The van der Waals surface area contributed by atoms with Crippen molar-refractivity contribution in [3.05, 3.63) is 83.2 Å². The summed E-state index contributed by atoms with van der Waals surface area (Å²) < 4.78 is 28.7. The molecule has 0 radical (unpaired) electrons. The van der Waals surface area contributed by atoms with Gasteiger partial charge < -0.3 is 24.2 Å². The van der Waals surface area contributed by atoms with Gasteiger partial charge in [-0.15, -0.1) is 11.8 Å². The number of thioether (sulfide) groups is 1. The molecule has 0 aromatic heterocycles. The van der Waals surface area contributed by atoms with Crippen LogP contribution >= 0.6 is 11.8 Å². The first-order valence-corrected chi connectivity index (χ1v) is 12.4. The van der Waals surface area contributed by atoms with Crippen LogP contribution in [0.4, 0.5) is 4.39 Å². The zero-order valence-electron chi connectivity index (χ0n) is 21.0. The largest absolute Gasteiger partial charge is 0.497 e. The van der Waals surface area contributed by atoms with Gasteiger partial charge in [-0.1, -0.05) is 23.8 Å². The number of likely N-dealkylation sites (tertiary alicyclic amines) is 1. The van der Waals surface area contributed by atoms with Gasteiger partial charge in [0.15, 0.2) is 16.3 Å². The molecular weight excluding hydrogens is 497 g/mol. The Hall–Kier alpha value is -3.72. The van der Waals surface area contributed by atoms with Crippen LogP contribution in [0.25, 0.3) is 0 Å². The maximum absolute atomic E-state index is 14.3. The molecule has 1 fully saturated rings. The molecule has 1 aliphatic rings. The number of hydrogen-bond acceptors (Lipinski definition) is 6. The molecule has 9 heteroatoms. The molecule has 1 aliphatic heterocycles. The summed E-state index contributed by atoms with van der Waals surface area (Å²) in [4.78, 5) is 28.8. The summed E-state index contributed by atoms with van der Waals surface area (Å²) in [5.41, 5.74) is 2.17. The maximum atomic E-state index is 14.3. The lowest BCUT2D eigenvalue weighted by Gasteiger charge is -2.35. The molecule has 194 valence electrons. The number of benzene rings is 3. The number of hydrogen-bond donors (Lipinski definition) is 1. The second-order valence-electron chi connectivity index (χ2n) is 8.78. The van der Waals surface area contributed by atoms with Crippen LogP contribution < -0.4 is 14.2 Å². The second-order valence-corrected chi connectivity index (χ2v) is 10.2. The van der Waals surface area contributed by atoms with E-state index < -0.39 is 22.6 Å². The third kappa shape index (κ3) is 5.09. The Morgan fingerprint density at radius 1 is 1.03 bits per heavy atom. The second kappa shape index (κ2) is 10.7. The number of carboxylic acids is 1. The summed E-state index contributed by atoms with van der Waals surface area (Å²) in [6.45, 7) is 2.03. The molecule has 2 unspecified atom stereocenters. The van der Waals surface area contributed by atoms with Crippen LogP contribution in [0.1, 0.15) is 29.2 Å². The van der Waals surface area contributed by atoms with Gasteiger partial charge in [0, 0.05) is 23.1 Å². The van der Waals surface area contributed by atoms with Crippen molar-refractivity contribution in [1.82, 2.24) is 4.90 Å². The van der Waals surface area contributed by atoms with Crippen LogP contribution in [0.5, 0.6) is 17.2 Å². The van der Waals surface area contributed by atoms with Gasteiger partial charge in [-0.3, -0.25) is 9.59 Å². The van der Waals surface area contributed by atoms with Crippen molar-refractivity contribution in [1.29, 1.82) is 0 Å². The molecule has 37 heavy (non-hydrogen) atoms. The van der Waals surface area contributed by atoms with Gasteiger partial charge in [0.25, 0.3) is 0 Å². The van der Waals surface area contributed by atoms with Gasteiger partial charge in [-0.2, -0.15) is 0 Å². The summed E-state index contributed by atoms with van der Waals surface area (Å²) >= 11 is 1.12. The zero-order valence-corrected chi connectivity index (χ0v) is 21.8. The third-order valence-corrected chi connectivity index (χ3v) is 7.91. The molecule has 1 heterocycles. The fourth-order valence-electron chi connectivity index (χ4n) is 4.60. The van der Waals surface area contributed by atoms with Crippen molar-refractivity contribution >= 4 is 23.6 Å². The molecule has 4 rings (SSSR count). The Bertz CT molecular complexity index is 1310. The summed E-state index contributed by atoms with van der Waals surface area (Å²) in [6.07, 6.45) is -0.246. The molecule has 1 N–H and O–H groups in total. The highest BCUT2D eigenvalue weighted by molar-refractivity contribution is 8.01. The van der Waals surface area contributed by atoms with Crippen LogP contribution in [0, 0.1) is 12.7 Å². The first-order chi connectivity index (χ1) is 17.7. The van der Waals surface area contributed by atoms with E-state index in [2.05, 4.69) is 0 Å². The molecule has 0 saturated carbocycles. The first kappa shape index (κ1) is 26.3. The number of aryl methyl sites for hydroxylation is 1. The predicted molar refractivity (Wildman–Crippen MR) is 138 cm³/mol. The standard InChI is InChI=1S/C28H28FNO6S/c1-17-5-10-21(11-6-17)37-28(27(32)33)15-25(31)30(16-19-7-9-20(34-2)14-23(19)35-3)26(28)18-8-12-22(29)24(13-18)36-4/h5-14,26H,15-16H2,1-4H3,(H,32,33). The number of halogens is 1. The minimum atomic E-state index is -1.57. The van der Waals surface area contributed by atoms with Gasteiger partial charge >= 0.3 is 5.97 Å². The molecule has 0 aliphatic carbocycles. The predicted octanol–water partition coefficient (Wildman–Crippen LogP) is 5.25. The van der Waals surface area contributed by atoms with Crippen molar-refractivity contribution in [3.8, 4) is 17.2 Å². The van der Waals surface area contributed by atoms with E-state index in [-0.39, 0.29) is 24.6 Å². The van der Waals surface area contributed by atoms with E-state index in [0.29, 0.717) is 27.5 Å². The lowest BCUT2D eigenvalue weighted by molar-refractivity contribution is -0.140. The van der Waals surface area contributed by atoms with Crippen molar-refractivity contribution in [2.24, 2.45) is 0 Å². The maximum Gasteiger partial charge on any atom is 0.323 e. The van der Waals surface area contributed by atoms with Crippen LogP contribution in [0.3, 0.4) is 0 Å². The average Bonchev–Trinajstić information content (AvgIpc) is 3.17. The van der Waals surface area contributed by atoms with Gasteiger partial charge in [0.1, 0.15) is 11.5 Å². The Labute approximate surface area is 219 Å². The van der Waals surface area contributed by atoms with Gasteiger partial charge in [-0.05, 0) is 48.9 Å². The molecular formula is C28H28FNO6S. The number of carbonyl (C=O) groups excluding carboxylic acids is 1. The van der Waals surface area contributed by atoms with E-state index in [0.717, 1.165) is 17.3 Å². The molecule has 3 aromatic carbocycles. The van der Waals surface area contributed by atoms with E-state index >= 15 is 0 Å². The molecule has 7 nitrogen and oxygen atoms in total. The summed E-state index contributed by atoms with van der Waals surface area (Å²) in [5, 5.41) is 10.6. The molecule has 0 bridgehead atoms. The van der Waals surface area contributed by atoms with Crippen LogP contribution in [-0.4, -0.2) is 48.0 Å². The van der Waals surface area contributed by atoms with Crippen LogP contribution in [0.2, 0.25) is 0 Å². The third-order valence-electron chi connectivity index (χ3n) is 6.50. The highest BCUT2D eigenvalue weighted by Crippen LogP contribution is 2.53. The van der Waals surface area contributed by atoms with E-state index in [9.17, 15) is 19.1 Å². The van der Waals surface area contributed by atoms with Gasteiger partial charge in [-0.25, -0.2) is 4.39 Å². The summed E-state index contributed by atoms with van der Waals surface area (Å²) in [7, 11) is 4.40. The molecule has 1 amide bonds. The van der Waals surface area contributed by atoms with Crippen LogP contribution in [0.15, 0.2) is 65.6 Å². The van der Waals surface area contributed by atoms with Crippen molar-refractivity contribution in [3.63, 3.8) is 0 Å². The Kier molecular flexibility index (Phi) is 7.63. The number of nitrogens with zero attached hydrogens (tertiary/aromatic N) is 1. The van der Waals surface area contributed by atoms with Gasteiger partial charge in [0.2, 0.25) is 5.91 Å². The Balaban J connectivity index is 1.85. The number of methoxy groups -OCH3 is 3. The quantitative estimate of drug-likeness (QED) is 0.408. The van der Waals surface area contributed by atoms with Crippen LogP contribution in [-0.2, 0) is 16.1 Å². The van der Waals surface area contributed by atoms with Crippen molar-refractivity contribution in [2.75, 3.05) is 21.3 Å². The lowest BCUT2D eigenvalue weighted by atomic mass is 9.92. The van der Waals surface area contributed by atoms with Crippen molar-refractivity contribution in [2.45, 2.75) is 35.6 Å². The van der Waals surface area contributed by atoms with E-state index in [1.54, 1.807) is 25.3 Å². The number of ether oxygens (including phenoxy) is 3. The number of carbonyl (C=O) groups is 2. The number of rotatable bonds is 9. The monoisotopic (exact) mass is 525 g/mol. The smallest absolute Gasteiger partial charge is 0.323 e. The van der Waals surface area contributed by atoms with E-state index in [1.165, 1.54) is 37.3 Å². The normalized spacial score (nSPS) is 19.1. The Morgan fingerprint density at radius 2 is 1.73 bits per heavy atom. The van der Waals surface area contributed by atoms with E-state index in [1.807, 2.05) is 31.2 Å². The number of aliphatic carboxylic acids is 1.